The van der Waals surface area contributed by atoms with Crippen molar-refractivity contribution < 1.29 is 8.78 Å². The lowest BCUT2D eigenvalue weighted by atomic mass is 10.0. The predicted octanol–water partition coefficient (Wildman–Crippen LogP) is 4.11. The topological polar surface area (TPSA) is 36.4 Å². The Hall–Kier alpha value is -1.22. The third-order valence-electron chi connectivity index (χ3n) is 3.30. The molecule has 1 heterocycles. The van der Waals surface area contributed by atoms with Gasteiger partial charge in [-0.1, -0.05) is 19.1 Å². The van der Waals surface area contributed by atoms with Gasteiger partial charge in [0.05, 0.1) is 6.54 Å². The summed E-state index contributed by atoms with van der Waals surface area (Å²) in [6.07, 6.45) is 0. The monoisotopic (exact) mass is 451 g/mol. The minimum Gasteiger partial charge on any atom is -0.356 e. The molecular weight excluding hydrogens is 431 g/mol. The van der Waals surface area contributed by atoms with E-state index in [0.717, 1.165) is 6.07 Å². The molecule has 23 heavy (non-hydrogen) atoms. The van der Waals surface area contributed by atoms with Gasteiger partial charge in [-0.2, -0.15) is 0 Å². The second-order valence-corrected chi connectivity index (χ2v) is 5.99. The van der Waals surface area contributed by atoms with Crippen molar-refractivity contribution in [2.24, 2.45) is 4.99 Å². The first-order valence-electron chi connectivity index (χ1n) is 7.02. The molecule has 2 aromatic rings. The van der Waals surface area contributed by atoms with E-state index in [4.69, 9.17) is 0 Å². The lowest BCUT2D eigenvalue weighted by Crippen LogP contribution is -2.38. The summed E-state index contributed by atoms with van der Waals surface area (Å²) in [4.78, 5) is 5.34. The standard InChI is InChI=1S/C16H19F2N3S.HI/c1-11(14-6-5-12(17)8-15(14)18)9-20-16(19-2)21-10-13-4-3-7-22-13;/h3-8,11H,9-10H2,1-2H3,(H2,19,20,21);1H. The molecule has 0 saturated heterocycles. The molecule has 3 nitrogen and oxygen atoms in total. The van der Waals surface area contributed by atoms with Crippen LogP contribution in [0, 0.1) is 11.6 Å². The molecule has 0 saturated carbocycles. The Bertz CT molecular complexity index is 632. The van der Waals surface area contributed by atoms with E-state index in [1.165, 1.54) is 17.0 Å². The maximum atomic E-state index is 13.7. The van der Waals surface area contributed by atoms with Crippen molar-refractivity contribution in [3.63, 3.8) is 0 Å². The van der Waals surface area contributed by atoms with Crippen LogP contribution in [0.5, 0.6) is 0 Å². The summed E-state index contributed by atoms with van der Waals surface area (Å²) < 4.78 is 26.7. The Morgan fingerprint density at radius 2 is 2.04 bits per heavy atom. The van der Waals surface area contributed by atoms with Gasteiger partial charge in [0.1, 0.15) is 11.6 Å². The van der Waals surface area contributed by atoms with Crippen LogP contribution >= 0.6 is 35.3 Å². The summed E-state index contributed by atoms with van der Waals surface area (Å²) in [5, 5.41) is 8.37. The SMILES string of the molecule is CN=C(NCc1cccs1)NCC(C)c1ccc(F)cc1F.I. The van der Waals surface area contributed by atoms with Crippen molar-refractivity contribution in [2.45, 2.75) is 19.4 Å². The number of nitrogens with one attached hydrogen (secondary N) is 2. The molecule has 2 rings (SSSR count). The second kappa shape index (κ2) is 9.82. The van der Waals surface area contributed by atoms with E-state index in [2.05, 4.69) is 15.6 Å². The Labute approximate surface area is 156 Å². The highest BCUT2D eigenvalue weighted by Crippen LogP contribution is 2.19. The molecule has 0 radical (unpaired) electrons. The lowest BCUT2D eigenvalue weighted by Gasteiger charge is -2.16. The Morgan fingerprint density at radius 1 is 1.26 bits per heavy atom. The highest BCUT2D eigenvalue weighted by molar-refractivity contribution is 14.0. The third-order valence-corrected chi connectivity index (χ3v) is 4.18. The van der Waals surface area contributed by atoms with Crippen LogP contribution in [-0.2, 0) is 6.54 Å². The fraction of sp³-hybridized carbons (Fsp3) is 0.312. The third kappa shape index (κ3) is 6.06. The van der Waals surface area contributed by atoms with Crippen molar-refractivity contribution in [3.8, 4) is 0 Å². The summed E-state index contributed by atoms with van der Waals surface area (Å²) >= 11 is 1.67. The molecule has 2 N–H and O–H groups in total. The highest BCUT2D eigenvalue weighted by Gasteiger charge is 2.12. The van der Waals surface area contributed by atoms with E-state index in [1.54, 1.807) is 18.4 Å². The van der Waals surface area contributed by atoms with Gasteiger partial charge in [0.15, 0.2) is 5.96 Å². The highest BCUT2D eigenvalue weighted by atomic mass is 127. The van der Waals surface area contributed by atoms with Crippen molar-refractivity contribution >= 4 is 41.3 Å². The van der Waals surface area contributed by atoms with Crippen LogP contribution in [-0.4, -0.2) is 19.6 Å². The number of aliphatic imine (C=N–C) groups is 1. The van der Waals surface area contributed by atoms with E-state index >= 15 is 0 Å². The van der Waals surface area contributed by atoms with E-state index in [1.807, 2.05) is 24.4 Å². The number of rotatable bonds is 5. The van der Waals surface area contributed by atoms with E-state index in [-0.39, 0.29) is 29.9 Å². The molecule has 0 aliphatic rings. The van der Waals surface area contributed by atoms with Crippen LogP contribution in [0.25, 0.3) is 0 Å². The number of thiophene rings is 1. The van der Waals surface area contributed by atoms with Crippen LogP contribution in [0.15, 0.2) is 40.7 Å². The first-order chi connectivity index (χ1) is 10.6. The molecule has 0 aliphatic heterocycles. The first kappa shape index (κ1) is 19.8. The van der Waals surface area contributed by atoms with Crippen LogP contribution in [0.3, 0.4) is 0 Å². The molecule has 0 fully saturated rings. The Morgan fingerprint density at radius 3 is 2.65 bits per heavy atom. The van der Waals surface area contributed by atoms with Crippen molar-refractivity contribution in [1.82, 2.24) is 10.6 Å². The van der Waals surface area contributed by atoms with Gasteiger partial charge in [-0.05, 0) is 23.1 Å². The molecular formula is C16H20F2IN3S. The van der Waals surface area contributed by atoms with Crippen molar-refractivity contribution in [1.29, 1.82) is 0 Å². The van der Waals surface area contributed by atoms with Crippen LogP contribution in [0.2, 0.25) is 0 Å². The number of hydrogen-bond donors (Lipinski definition) is 2. The van der Waals surface area contributed by atoms with Gasteiger partial charge in [-0.25, -0.2) is 8.78 Å². The zero-order chi connectivity index (χ0) is 15.9. The van der Waals surface area contributed by atoms with Gasteiger partial charge in [0.25, 0.3) is 0 Å². The molecule has 1 unspecified atom stereocenters. The number of hydrogen-bond acceptors (Lipinski definition) is 2. The maximum absolute atomic E-state index is 13.7. The van der Waals surface area contributed by atoms with Gasteiger partial charge in [-0.3, -0.25) is 4.99 Å². The van der Waals surface area contributed by atoms with Gasteiger partial charge in [0.2, 0.25) is 0 Å². The molecule has 7 heteroatoms. The van der Waals surface area contributed by atoms with Crippen LogP contribution in [0.1, 0.15) is 23.3 Å². The molecule has 1 aromatic carbocycles. The number of guanidine groups is 1. The molecule has 126 valence electrons. The van der Waals surface area contributed by atoms with Gasteiger partial charge >= 0.3 is 0 Å². The fourth-order valence-corrected chi connectivity index (χ4v) is 2.71. The molecule has 0 spiro atoms. The predicted molar refractivity (Wildman–Crippen MR) is 103 cm³/mol. The number of halogens is 3. The normalized spacial score (nSPS) is 12.4. The van der Waals surface area contributed by atoms with Crippen LogP contribution in [0.4, 0.5) is 8.78 Å². The summed E-state index contributed by atoms with van der Waals surface area (Å²) in [6.45, 7) is 3.08. The van der Waals surface area contributed by atoms with E-state index < -0.39 is 11.6 Å². The zero-order valence-electron chi connectivity index (χ0n) is 13.0. The average molecular weight is 451 g/mol. The summed E-state index contributed by atoms with van der Waals surface area (Å²) in [7, 11) is 1.69. The van der Waals surface area contributed by atoms with Gasteiger partial charge < -0.3 is 10.6 Å². The van der Waals surface area contributed by atoms with Gasteiger partial charge in [-0.15, -0.1) is 35.3 Å². The van der Waals surface area contributed by atoms with E-state index in [9.17, 15) is 8.78 Å². The molecule has 0 aliphatic carbocycles. The Balaban J connectivity index is 0.00000264. The van der Waals surface area contributed by atoms with Crippen LogP contribution < -0.4 is 10.6 Å². The molecule has 1 atom stereocenters. The smallest absolute Gasteiger partial charge is 0.191 e. The molecule has 0 bridgehead atoms. The fourth-order valence-electron chi connectivity index (χ4n) is 2.07. The quantitative estimate of drug-likeness (QED) is 0.408. The summed E-state index contributed by atoms with van der Waals surface area (Å²) in [5.74, 6) is -0.519. The summed E-state index contributed by atoms with van der Waals surface area (Å²) in [6, 6.07) is 7.71. The largest absolute Gasteiger partial charge is 0.356 e. The average Bonchev–Trinajstić information content (AvgIpc) is 3.00. The first-order valence-corrected chi connectivity index (χ1v) is 7.90. The van der Waals surface area contributed by atoms with Crippen molar-refractivity contribution in [2.75, 3.05) is 13.6 Å². The molecule has 0 amide bonds. The zero-order valence-corrected chi connectivity index (χ0v) is 16.1. The second-order valence-electron chi connectivity index (χ2n) is 4.95. The lowest BCUT2D eigenvalue weighted by molar-refractivity contribution is 0.556. The minimum atomic E-state index is -0.560. The van der Waals surface area contributed by atoms with E-state index in [0.29, 0.717) is 24.6 Å². The van der Waals surface area contributed by atoms with Gasteiger partial charge in [0, 0.05) is 30.5 Å². The minimum absolute atomic E-state index is 0. The van der Waals surface area contributed by atoms with Crippen molar-refractivity contribution in [3.05, 3.63) is 57.8 Å². The number of benzene rings is 1. The Kier molecular flexibility index (Phi) is 8.46. The summed E-state index contributed by atoms with van der Waals surface area (Å²) in [5.41, 5.74) is 0.489. The molecule has 1 aromatic heterocycles. The maximum Gasteiger partial charge on any atom is 0.191 e. The number of nitrogens with zero attached hydrogens (tertiary/aromatic N) is 1.